The standard InChI is InChI=1S/C23H20ClF3N4O2S/c1-12-6-9-16(17(24)10-12)23(26,27)11-28-21(32)20-22(31-30-13(2)29-20)34(33)18-5-3-4-15(19(18)25)14-7-8-14/h3-6,9-10,14H,7-8,11H2,1-2H3,(H,28,32). The highest BCUT2D eigenvalue weighted by molar-refractivity contribution is 7.85. The molecule has 1 aliphatic carbocycles. The maximum Gasteiger partial charge on any atom is 0.291 e. The summed E-state index contributed by atoms with van der Waals surface area (Å²) in [6.07, 6.45) is 1.68. The van der Waals surface area contributed by atoms with Crippen LogP contribution in [-0.2, 0) is 16.7 Å². The number of rotatable bonds is 7. The minimum absolute atomic E-state index is 0.0615. The van der Waals surface area contributed by atoms with Crippen LogP contribution in [0.4, 0.5) is 13.2 Å². The second kappa shape index (κ2) is 9.42. The topological polar surface area (TPSA) is 84.8 Å². The minimum Gasteiger partial charge on any atom is -0.344 e. The Kier molecular flexibility index (Phi) is 6.73. The summed E-state index contributed by atoms with van der Waals surface area (Å²) in [7, 11) is -2.25. The Hall–Kier alpha value is -2.85. The first kappa shape index (κ1) is 24.3. The predicted octanol–water partition coefficient (Wildman–Crippen LogP) is 4.85. The number of hydrogen-bond donors (Lipinski definition) is 1. The Morgan fingerprint density at radius 3 is 2.62 bits per heavy atom. The Labute approximate surface area is 201 Å². The summed E-state index contributed by atoms with van der Waals surface area (Å²) in [4.78, 5) is 16.6. The Morgan fingerprint density at radius 1 is 1.21 bits per heavy atom. The van der Waals surface area contributed by atoms with E-state index in [1.807, 2.05) is 0 Å². The number of amides is 1. The highest BCUT2D eigenvalue weighted by atomic mass is 35.5. The predicted molar refractivity (Wildman–Crippen MR) is 120 cm³/mol. The van der Waals surface area contributed by atoms with Crippen molar-refractivity contribution in [3.8, 4) is 0 Å². The number of hydrogen-bond acceptors (Lipinski definition) is 5. The SMILES string of the molecule is Cc1ccc(C(F)(F)CNC(=O)c2nc(C)nnc2S(=O)c2cccc(C3CC3)c2F)c(Cl)c1. The fourth-order valence-electron chi connectivity index (χ4n) is 3.44. The van der Waals surface area contributed by atoms with E-state index in [-0.39, 0.29) is 21.7 Å². The number of nitrogens with zero attached hydrogens (tertiary/aromatic N) is 3. The number of halogens is 4. The Balaban J connectivity index is 1.60. The summed E-state index contributed by atoms with van der Waals surface area (Å²) in [5.74, 6) is -5.04. The molecule has 11 heteroatoms. The lowest BCUT2D eigenvalue weighted by Crippen LogP contribution is -2.36. The van der Waals surface area contributed by atoms with E-state index in [4.69, 9.17) is 11.6 Å². The molecule has 1 aliphatic rings. The second-order valence-electron chi connectivity index (χ2n) is 8.09. The minimum atomic E-state index is -3.49. The van der Waals surface area contributed by atoms with Crippen LogP contribution in [0.25, 0.3) is 0 Å². The van der Waals surface area contributed by atoms with Gasteiger partial charge in [0.05, 0.1) is 16.5 Å². The summed E-state index contributed by atoms with van der Waals surface area (Å²) in [5, 5.41) is 9.07. The lowest BCUT2D eigenvalue weighted by atomic mass is 10.1. The molecule has 0 radical (unpaired) electrons. The zero-order valence-electron chi connectivity index (χ0n) is 18.2. The third kappa shape index (κ3) is 4.97. The number of benzene rings is 2. The highest BCUT2D eigenvalue weighted by Crippen LogP contribution is 2.42. The molecule has 2 aromatic carbocycles. The van der Waals surface area contributed by atoms with Gasteiger partial charge >= 0.3 is 0 Å². The van der Waals surface area contributed by atoms with Gasteiger partial charge in [-0.15, -0.1) is 10.2 Å². The van der Waals surface area contributed by atoms with Gasteiger partial charge in [-0.3, -0.25) is 4.79 Å². The maximum absolute atomic E-state index is 15.0. The summed E-state index contributed by atoms with van der Waals surface area (Å²) in [6, 6.07) is 8.60. The molecule has 1 N–H and O–H groups in total. The molecule has 6 nitrogen and oxygen atoms in total. The van der Waals surface area contributed by atoms with Crippen LogP contribution >= 0.6 is 11.6 Å². The zero-order valence-corrected chi connectivity index (χ0v) is 19.8. The van der Waals surface area contributed by atoms with E-state index < -0.39 is 51.3 Å². The van der Waals surface area contributed by atoms with Crippen molar-refractivity contribution in [3.63, 3.8) is 0 Å². The van der Waals surface area contributed by atoms with Gasteiger partial charge in [0.1, 0.15) is 22.4 Å². The molecule has 1 aromatic heterocycles. The molecule has 1 fully saturated rings. The third-order valence-corrected chi connectivity index (χ3v) is 7.01. The number of aryl methyl sites for hydroxylation is 2. The summed E-state index contributed by atoms with van der Waals surface area (Å²) in [6.45, 7) is 2.06. The van der Waals surface area contributed by atoms with Crippen LogP contribution < -0.4 is 5.32 Å². The molecule has 1 amide bonds. The van der Waals surface area contributed by atoms with E-state index >= 15 is 0 Å². The Morgan fingerprint density at radius 2 is 1.94 bits per heavy atom. The molecule has 0 saturated heterocycles. The van der Waals surface area contributed by atoms with Crippen LogP contribution in [0.2, 0.25) is 5.02 Å². The summed E-state index contributed by atoms with van der Waals surface area (Å²) >= 11 is 5.96. The van der Waals surface area contributed by atoms with Gasteiger partial charge in [-0.05, 0) is 55.9 Å². The van der Waals surface area contributed by atoms with Gasteiger partial charge in [-0.2, -0.15) is 8.78 Å². The molecule has 1 atom stereocenters. The lowest BCUT2D eigenvalue weighted by molar-refractivity contribution is -0.00246. The van der Waals surface area contributed by atoms with E-state index in [0.717, 1.165) is 12.8 Å². The molecular formula is C23H20ClF3N4O2S. The van der Waals surface area contributed by atoms with Crippen molar-refractivity contribution in [2.45, 2.75) is 48.5 Å². The monoisotopic (exact) mass is 508 g/mol. The Bertz CT molecular complexity index is 1300. The van der Waals surface area contributed by atoms with Crippen molar-refractivity contribution in [1.82, 2.24) is 20.5 Å². The number of carbonyl (C=O) groups excluding carboxylic acids is 1. The van der Waals surface area contributed by atoms with Gasteiger partial charge in [0.2, 0.25) is 0 Å². The molecule has 1 saturated carbocycles. The molecule has 34 heavy (non-hydrogen) atoms. The summed E-state index contributed by atoms with van der Waals surface area (Å²) < 4.78 is 57.7. The first-order valence-electron chi connectivity index (χ1n) is 10.4. The quantitative estimate of drug-likeness (QED) is 0.493. The molecule has 0 bridgehead atoms. The van der Waals surface area contributed by atoms with Gasteiger partial charge in [0.25, 0.3) is 11.8 Å². The molecule has 0 spiro atoms. The van der Waals surface area contributed by atoms with Gasteiger partial charge in [-0.1, -0.05) is 35.9 Å². The number of nitrogens with one attached hydrogen (secondary N) is 1. The van der Waals surface area contributed by atoms with Crippen LogP contribution in [0.5, 0.6) is 0 Å². The summed E-state index contributed by atoms with van der Waals surface area (Å²) in [5.41, 5.74) is 0.244. The van der Waals surface area contributed by atoms with Crippen LogP contribution in [0.1, 0.15) is 51.8 Å². The van der Waals surface area contributed by atoms with E-state index in [1.165, 1.54) is 31.2 Å². The van der Waals surface area contributed by atoms with Gasteiger partial charge in [0.15, 0.2) is 10.7 Å². The molecule has 178 valence electrons. The van der Waals surface area contributed by atoms with Crippen LogP contribution in [-0.4, -0.2) is 31.8 Å². The smallest absolute Gasteiger partial charge is 0.291 e. The fraction of sp³-hybridized carbons (Fsp3) is 0.304. The lowest BCUT2D eigenvalue weighted by Gasteiger charge is -2.19. The van der Waals surface area contributed by atoms with Crippen molar-refractivity contribution in [2.75, 3.05) is 6.54 Å². The molecular weight excluding hydrogens is 489 g/mol. The number of aromatic nitrogens is 3. The van der Waals surface area contributed by atoms with Gasteiger partial charge in [0, 0.05) is 5.56 Å². The first-order valence-corrected chi connectivity index (χ1v) is 12.0. The average Bonchev–Trinajstić information content (AvgIpc) is 3.62. The van der Waals surface area contributed by atoms with Crippen molar-refractivity contribution in [2.24, 2.45) is 0 Å². The van der Waals surface area contributed by atoms with Crippen LogP contribution in [0.15, 0.2) is 46.3 Å². The third-order valence-electron chi connectivity index (χ3n) is 5.35. The average molecular weight is 509 g/mol. The largest absolute Gasteiger partial charge is 0.344 e. The first-order chi connectivity index (χ1) is 16.1. The highest BCUT2D eigenvalue weighted by Gasteiger charge is 2.35. The molecule has 1 heterocycles. The second-order valence-corrected chi connectivity index (χ2v) is 9.86. The van der Waals surface area contributed by atoms with Crippen molar-refractivity contribution < 1.29 is 22.2 Å². The van der Waals surface area contributed by atoms with Crippen LogP contribution in [0.3, 0.4) is 0 Å². The van der Waals surface area contributed by atoms with Gasteiger partial charge in [-0.25, -0.2) is 13.6 Å². The van der Waals surface area contributed by atoms with Crippen molar-refractivity contribution in [1.29, 1.82) is 0 Å². The molecule has 4 rings (SSSR count). The van der Waals surface area contributed by atoms with E-state index in [1.54, 1.807) is 19.1 Å². The van der Waals surface area contributed by atoms with Gasteiger partial charge < -0.3 is 5.32 Å². The van der Waals surface area contributed by atoms with Crippen molar-refractivity contribution in [3.05, 3.63) is 75.4 Å². The number of alkyl halides is 2. The van der Waals surface area contributed by atoms with Crippen LogP contribution in [0, 0.1) is 19.7 Å². The molecule has 1 unspecified atom stereocenters. The van der Waals surface area contributed by atoms with E-state index in [9.17, 15) is 22.2 Å². The molecule has 3 aromatic rings. The van der Waals surface area contributed by atoms with Crippen molar-refractivity contribution >= 4 is 28.3 Å². The normalized spacial score (nSPS) is 14.6. The van der Waals surface area contributed by atoms with E-state index in [0.29, 0.717) is 11.1 Å². The van der Waals surface area contributed by atoms with E-state index in [2.05, 4.69) is 20.5 Å². The number of carbonyl (C=O) groups is 1. The maximum atomic E-state index is 15.0. The molecule has 0 aliphatic heterocycles. The zero-order chi connectivity index (χ0) is 24.6. The fourth-order valence-corrected chi connectivity index (χ4v) is 4.93.